The summed E-state index contributed by atoms with van der Waals surface area (Å²) >= 11 is 0. The van der Waals surface area contributed by atoms with Crippen LogP contribution in [-0.4, -0.2) is 49.7 Å². The molecular formula is C15H19F3N2O2. The van der Waals surface area contributed by atoms with E-state index in [0.717, 1.165) is 17.7 Å². The van der Waals surface area contributed by atoms with Crippen LogP contribution in [0.2, 0.25) is 0 Å². The predicted molar refractivity (Wildman–Crippen MR) is 75.0 cm³/mol. The number of carbonyl (C=O) groups is 1. The SMILES string of the molecule is CON(C)C(=O)[C@@H]1CC(c2ccc(C(F)(F)F)cc2)CN1C. The minimum atomic E-state index is -4.33. The molecule has 0 N–H and O–H groups in total. The van der Waals surface area contributed by atoms with Gasteiger partial charge in [-0.2, -0.15) is 13.2 Å². The normalized spacial score (nSPS) is 22.8. The zero-order valence-corrected chi connectivity index (χ0v) is 12.7. The maximum Gasteiger partial charge on any atom is 0.416 e. The molecule has 1 aliphatic rings. The number of hydrogen-bond acceptors (Lipinski definition) is 3. The summed E-state index contributed by atoms with van der Waals surface area (Å²) in [5.74, 6) is -0.120. The van der Waals surface area contributed by atoms with Gasteiger partial charge < -0.3 is 0 Å². The molecule has 1 saturated heterocycles. The second-order valence-corrected chi connectivity index (χ2v) is 5.53. The fraction of sp³-hybridized carbons (Fsp3) is 0.533. The van der Waals surface area contributed by atoms with Crippen molar-refractivity contribution in [2.45, 2.75) is 24.6 Å². The van der Waals surface area contributed by atoms with E-state index in [9.17, 15) is 18.0 Å². The highest BCUT2D eigenvalue weighted by atomic mass is 19.4. The van der Waals surface area contributed by atoms with Gasteiger partial charge in [-0.05, 0) is 37.1 Å². The van der Waals surface area contributed by atoms with E-state index in [1.807, 2.05) is 11.9 Å². The molecule has 1 fully saturated rings. The van der Waals surface area contributed by atoms with Gasteiger partial charge >= 0.3 is 6.18 Å². The molecule has 1 heterocycles. The van der Waals surface area contributed by atoms with Gasteiger partial charge in [-0.25, -0.2) is 5.06 Å². The summed E-state index contributed by atoms with van der Waals surface area (Å²) in [5, 5.41) is 1.18. The summed E-state index contributed by atoms with van der Waals surface area (Å²) in [6.45, 7) is 0.624. The number of nitrogens with zero attached hydrogens (tertiary/aromatic N) is 2. The minimum Gasteiger partial charge on any atom is -0.294 e. The molecule has 22 heavy (non-hydrogen) atoms. The van der Waals surface area contributed by atoms with Crippen LogP contribution in [0.25, 0.3) is 0 Å². The second kappa shape index (κ2) is 6.26. The highest BCUT2D eigenvalue weighted by Crippen LogP contribution is 2.34. The van der Waals surface area contributed by atoms with E-state index in [1.54, 1.807) is 7.05 Å². The van der Waals surface area contributed by atoms with Crippen molar-refractivity contribution in [3.63, 3.8) is 0 Å². The Balaban J connectivity index is 2.10. The number of carbonyl (C=O) groups excluding carboxylic acids is 1. The topological polar surface area (TPSA) is 32.8 Å². The van der Waals surface area contributed by atoms with Gasteiger partial charge in [-0.15, -0.1) is 0 Å². The fourth-order valence-electron chi connectivity index (χ4n) is 2.77. The number of benzene rings is 1. The molecule has 1 aliphatic heterocycles. The van der Waals surface area contributed by atoms with Crippen molar-refractivity contribution in [2.75, 3.05) is 27.7 Å². The summed E-state index contributed by atoms with van der Waals surface area (Å²) in [6.07, 6.45) is -3.76. The molecule has 122 valence electrons. The van der Waals surface area contributed by atoms with Crippen molar-refractivity contribution in [3.05, 3.63) is 35.4 Å². The van der Waals surface area contributed by atoms with Gasteiger partial charge in [0.05, 0.1) is 18.7 Å². The largest absolute Gasteiger partial charge is 0.416 e. The van der Waals surface area contributed by atoms with Crippen molar-refractivity contribution < 1.29 is 22.8 Å². The number of hydrogen-bond donors (Lipinski definition) is 0. The minimum absolute atomic E-state index is 0.0338. The van der Waals surface area contributed by atoms with Crippen molar-refractivity contribution in [2.24, 2.45) is 0 Å². The average Bonchev–Trinajstić information content (AvgIpc) is 2.87. The molecule has 0 saturated carbocycles. The van der Waals surface area contributed by atoms with Gasteiger partial charge in [0, 0.05) is 13.6 Å². The quantitative estimate of drug-likeness (QED) is 0.803. The number of hydroxylamine groups is 2. The monoisotopic (exact) mass is 316 g/mol. The molecule has 7 heteroatoms. The van der Waals surface area contributed by atoms with Gasteiger partial charge in [0.15, 0.2) is 0 Å². The summed E-state index contributed by atoms with van der Waals surface area (Å²) in [5.41, 5.74) is 0.157. The van der Waals surface area contributed by atoms with Crippen molar-refractivity contribution in [1.82, 2.24) is 9.96 Å². The summed E-state index contributed by atoms with van der Waals surface area (Å²) in [4.78, 5) is 19.0. The van der Waals surface area contributed by atoms with Crippen LogP contribution in [0.5, 0.6) is 0 Å². The van der Waals surface area contributed by atoms with E-state index in [2.05, 4.69) is 0 Å². The molecule has 1 unspecified atom stereocenters. The second-order valence-electron chi connectivity index (χ2n) is 5.53. The highest BCUT2D eigenvalue weighted by molar-refractivity contribution is 5.81. The molecule has 1 aromatic carbocycles. The van der Waals surface area contributed by atoms with Crippen LogP contribution in [0.15, 0.2) is 24.3 Å². The third-order valence-corrected chi connectivity index (χ3v) is 4.13. The number of rotatable bonds is 3. The van der Waals surface area contributed by atoms with Gasteiger partial charge in [0.25, 0.3) is 5.91 Å². The highest BCUT2D eigenvalue weighted by Gasteiger charge is 2.37. The number of halogens is 3. The lowest BCUT2D eigenvalue weighted by atomic mass is 9.95. The molecule has 0 aromatic heterocycles. The first kappa shape index (κ1) is 16.8. The standard InChI is InChI=1S/C15H19F3N2O2/c1-19-9-11(8-13(19)14(21)20(2)22-3)10-4-6-12(7-5-10)15(16,17)18/h4-7,11,13H,8-9H2,1-3H3/t11?,13-/m0/s1. The Morgan fingerprint density at radius 1 is 1.32 bits per heavy atom. The summed E-state index contributed by atoms with van der Waals surface area (Å²) in [6, 6.07) is 4.84. The maximum absolute atomic E-state index is 12.6. The Bertz CT molecular complexity index is 531. The molecule has 0 bridgehead atoms. The first-order chi connectivity index (χ1) is 10.2. The average molecular weight is 316 g/mol. The lowest BCUT2D eigenvalue weighted by Crippen LogP contribution is -2.41. The van der Waals surface area contributed by atoms with Crippen LogP contribution in [0.1, 0.15) is 23.5 Å². The molecule has 2 rings (SSSR count). The van der Waals surface area contributed by atoms with Crippen molar-refractivity contribution in [3.8, 4) is 0 Å². The fourth-order valence-corrected chi connectivity index (χ4v) is 2.77. The van der Waals surface area contributed by atoms with Gasteiger partial charge in [-0.3, -0.25) is 14.5 Å². The van der Waals surface area contributed by atoms with Crippen LogP contribution >= 0.6 is 0 Å². The molecule has 2 atom stereocenters. The molecule has 4 nitrogen and oxygen atoms in total. The van der Waals surface area contributed by atoms with Crippen LogP contribution < -0.4 is 0 Å². The third kappa shape index (κ3) is 3.41. The number of likely N-dealkylation sites (tertiary alicyclic amines) is 1. The van der Waals surface area contributed by atoms with Crippen LogP contribution in [-0.2, 0) is 15.8 Å². The Morgan fingerprint density at radius 3 is 2.41 bits per heavy atom. The maximum atomic E-state index is 12.6. The summed E-state index contributed by atoms with van der Waals surface area (Å²) < 4.78 is 37.7. The first-order valence-corrected chi connectivity index (χ1v) is 6.93. The molecule has 0 radical (unpaired) electrons. The smallest absolute Gasteiger partial charge is 0.294 e. The lowest BCUT2D eigenvalue weighted by molar-refractivity contribution is -0.173. The first-order valence-electron chi connectivity index (χ1n) is 6.93. The lowest BCUT2D eigenvalue weighted by Gasteiger charge is -2.22. The predicted octanol–water partition coefficient (Wildman–Crippen LogP) is 2.51. The number of likely N-dealkylation sites (N-methyl/N-ethyl adjacent to an activating group) is 2. The summed E-state index contributed by atoms with van der Waals surface area (Å²) in [7, 11) is 4.79. The van der Waals surface area contributed by atoms with Crippen molar-refractivity contribution in [1.29, 1.82) is 0 Å². The molecule has 1 amide bonds. The zero-order valence-electron chi connectivity index (χ0n) is 12.7. The zero-order chi connectivity index (χ0) is 16.5. The van der Waals surface area contributed by atoms with Crippen LogP contribution in [0.4, 0.5) is 13.2 Å². The third-order valence-electron chi connectivity index (χ3n) is 4.13. The van der Waals surface area contributed by atoms with E-state index >= 15 is 0 Å². The Hall–Kier alpha value is -1.60. The molecular weight excluding hydrogens is 297 g/mol. The van der Waals surface area contributed by atoms with Gasteiger partial charge in [0.2, 0.25) is 0 Å². The van der Waals surface area contributed by atoms with Crippen molar-refractivity contribution >= 4 is 5.91 Å². The van der Waals surface area contributed by atoms with E-state index in [1.165, 1.54) is 24.3 Å². The van der Waals surface area contributed by atoms with Gasteiger partial charge in [0.1, 0.15) is 0 Å². The van der Waals surface area contributed by atoms with Gasteiger partial charge in [-0.1, -0.05) is 12.1 Å². The van der Waals surface area contributed by atoms with E-state index in [0.29, 0.717) is 13.0 Å². The van der Waals surface area contributed by atoms with Crippen LogP contribution in [0, 0.1) is 0 Å². The van der Waals surface area contributed by atoms with E-state index in [4.69, 9.17) is 4.84 Å². The Labute approximate surface area is 127 Å². The molecule has 0 aliphatic carbocycles. The number of amides is 1. The molecule has 0 spiro atoms. The van der Waals surface area contributed by atoms with Crippen LogP contribution in [0.3, 0.4) is 0 Å². The Kier molecular flexibility index (Phi) is 4.77. The Morgan fingerprint density at radius 2 is 1.91 bits per heavy atom. The van der Waals surface area contributed by atoms with E-state index < -0.39 is 11.7 Å². The number of alkyl halides is 3. The molecule has 1 aromatic rings. The van der Waals surface area contributed by atoms with E-state index in [-0.39, 0.29) is 17.9 Å².